The topological polar surface area (TPSA) is 17.1 Å². The molecule has 0 atom stereocenters. The molecule has 0 aliphatic heterocycles. The predicted octanol–water partition coefficient (Wildman–Crippen LogP) is 1.12. The molecule has 0 radical (unpaired) electrons. The first-order chi connectivity index (χ1) is 3.68. The van der Waals surface area contributed by atoms with Gasteiger partial charge in [0.15, 0.2) is 0 Å². The van der Waals surface area contributed by atoms with Crippen LogP contribution in [0.1, 0.15) is 0 Å². The van der Waals surface area contributed by atoms with Gasteiger partial charge in [-0.3, -0.25) is 4.57 Å². The van der Waals surface area contributed by atoms with Gasteiger partial charge in [-0.1, -0.05) is 0 Å². The molecule has 0 rings (SSSR count). The molecule has 0 saturated carbocycles. The van der Waals surface area contributed by atoms with Crippen LogP contribution < -0.4 is 0 Å². The van der Waals surface area contributed by atoms with Crippen molar-refractivity contribution in [2.45, 2.75) is 0 Å². The minimum atomic E-state index is -3.08. The Bertz CT molecular complexity index is 200. The van der Waals surface area contributed by atoms with Gasteiger partial charge < -0.3 is 0 Å². The van der Waals surface area contributed by atoms with Crippen LogP contribution in [-0.4, -0.2) is 0 Å². The Balaban J connectivity index is 4.74. The summed E-state index contributed by atoms with van der Waals surface area (Å²) in [7, 11) is -3.08. The fourth-order valence-corrected chi connectivity index (χ4v) is 0.335. The molecule has 0 saturated heterocycles. The van der Waals surface area contributed by atoms with Crippen LogP contribution in [0.25, 0.3) is 0 Å². The Morgan fingerprint density at radius 3 is 1.25 bits per heavy atom. The zero-order chi connectivity index (χ0) is 6.62. The molecule has 0 aliphatic rings. The summed E-state index contributed by atoms with van der Waals surface area (Å²) in [6.07, 6.45) is 14.2. The highest BCUT2D eigenvalue weighted by atomic mass is 31.2. The number of rotatable bonds is 0. The smallest absolute Gasteiger partial charge is 0.282 e. The van der Waals surface area contributed by atoms with Gasteiger partial charge in [-0.25, -0.2) is 0 Å². The molecule has 0 aliphatic carbocycles. The van der Waals surface area contributed by atoms with E-state index in [0.29, 0.717) is 0 Å². The average molecular weight is 122 g/mol. The molecule has 2 heteroatoms. The molecule has 0 amide bonds. The van der Waals surface area contributed by atoms with Crippen molar-refractivity contribution in [2.24, 2.45) is 0 Å². The third-order valence-corrected chi connectivity index (χ3v) is 1.64. The Morgan fingerprint density at radius 1 is 1.00 bits per heavy atom. The van der Waals surface area contributed by atoms with Gasteiger partial charge in [0.1, 0.15) is 0 Å². The monoisotopic (exact) mass is 122 g/mol. The van der Waals surface area contributed by atoms with E-state index in [1.54, 1.807) is 0 Å². The average Bonchev–Trinajstić information content (AvgIpc) is 1.87. The van der Waals surface area contributed by atoms with Crippen LogP contribution in [0.15, 0.2) is 0 Å². The summed E-state index contributed by atoms with van der Waals surface area (Å²) in [5.74, 6) is 0. The first-order valence-corrected chi connectivity index (χ1v) is 3.43. The number of hydrogen-bond acceptors (Lipinski definition) is 1. The van der Waals surface area contributed by atoms with Crippen molar-refractivity contribution in [3.8, 4) is 36.3 Å². The van der Waals surface area contributed by atoms with Crippen LogP contribution in [0.2, 0.25) is 0 Å². The van der Waals surface area contributed by atoms with E-state index in [9.17, 15) is 4.57 Å². The van der Waals surface area contributed by atoms with Gasteiger partial charge in [0.25, 0.3) is 7.14 Å². The lowest BCUT2D eigenvalue weighted by Crippen LogP contribution is -1.61. The summed E-state index contributed by atoms with van der Waals surface area (Å²) in [6.45, 7) is 0. The summed E-state index contributed by atoms with van der Waals surface area (Å²) in [4.78, 5) is 0. The largest absolute Gasteiger partial charge is 0.290 e. The van der Waals surface area contributed by atoms with Crippen LogP contribution in [0.3, 0.4) is 0 Å². The van der Waals surface area contributed by atoms with E-state index in [4.69, 9.17) is 19.3 Å². The van der Waals surface area contributed by atoms with Crippen LogP contribution in [0.5, 0.6) is 0 Å². The van der Waals surface area contributed by atoms with Gasteiger partial charge in [0.05, 0.1) is 0 Å². The van der Waals surface area contributed by atoms with E-state index in [1.165, 1.54) is 0 Å². The van der Waals surface area contributed by atoms with Crippen molar-refractivity contribution in [1.29, 1.82) is 0 Å². The molecule has 0 unspecified atom stereocenters. The minimum Gasteiger partial charge on any atom is -0.282 e. The normalized spacial score (nSPS) is 8.12. The first-order valence-electron chi connectivity index (χ1n) is 1.72. The predicted molar refractivity (Wildman–Crippen MR) is 34.1 cm³/mol. The summed E-state index contributed by atoms with van der Waals surface area (Å²) in [5, 5.41) is 0. The molecule has 1 nitrogen and oxygen atoms in total. The van der Waals surface area contributed by atoms with Crippen LogP contribution in [-0.2, 0) is 4.57 Å². The second kappa shape index (κ2) is 2.28. The lowest BCUT2D eigenvalue weighted by atomic mass is 11.4. The maximum Gasteiger partial charge on any atom is 0.290 e. The van der Waals surface area contributed by atoms with E-state index in [0.717, 1.165) is 0 Å². The highest BCUT2D eigenvalue weighted by Crippen LogP contribution is 2.39. The molecule has 0 aromatic heterocycles. The number of terminal acetylenes is 3. The molecular formula is C6H3OP. The molecular weight excluding hydrogens is 119 g/mol. The van der Waals surface area contributed by atoms with Gasteiger partial charge in [-0.2, -0.15) is 0 Å². The summed E-state index contributed by atoms with van der Waals surface area (Å²) < 4.78 is 10.6. The highest BCUT2D eigenvalue weighted by molar-refractivity contribution is 7.78. The Kier molecular flexibility index (Phi) is 1.97. The molecule has 0 aromatic rings. The Morgan fingerprint density at radius 2 is 1.25 bits per heavy atom. The van der Waals surface area contributed by atoms with Crippen molar-refractivity contribution in [2.75, 3.05) is 0 Å². The number of hydrogen-bond donors (Lipinski definition) is 0. The van der Waals surface area contributed by atoms with Gasteiger partial charge in [0, 0.05) is 0 Å². The highest BCUT2D eigenvalue weighted by Gasteiger charge is 2.06. The maximum atomic E-state index is 10.6. The molecule has 0 heterocycles. The lowest BCUT2D eigenvalue weighted by molar-refractivity contribution is 0.594. The summed E-state index contributed by atoms with van der Waals surface area (Å²) >= 11 is 0. The molecule has 0 bridgehead atoms. The van der Waals surface area contributed by atoms with E-state index < -0.39 is 7.14 Å². The zero-order valence-corrected chi connectivity index (χ0v) is 4.98. The van der Waals surface area contributed by atoms with Crippen molar-refractivity contribution in [3.63, 3.8) is 0 Å². The van der Waals surface area contributed by atoms with Crippen molar-refractivity contribution in [1.82, 2.24) is 0 Å². The maximum absolute atomic E-state index is 10.6. The molecule has 0 N–H and O–H groups in total. The fourth-order valence-electron chi connectivity index (χ4n) is 0.112. The fraction of sp³-hybridized carbons (Fsp3) is 0. The third-order valence-electron chi connectivity index (χ3n) is 0.545. The Labute approximate surface area is 48.9 Å². The zero-order valence-electron chi connectivity index (χ0n) is 4.09. The standard InChI is InChI=1S/C6H3OP/c1-4-8(7,5-2)6-3/h1-3H. The van der Waals surface area contributed by atoms with Gasteiger partial charge in [-0.15, -0.1) is 19.3 Å². The van der Waals surface area contributed by atoms with Crippen LogP contribution >= 0.6 is 7.14 Å². The molecule has 8 heavy (non-hydrogen) atoms. The first kappa shape index (κ1) is 6.91. The summed E-state index contributed by atoms with van der Waals surface area (Å²) in [6, 6.07) is 0. The van der Waals surface area contributed by atoms with Crippen molar-refractivity contribution in [3.05, 3.63) is 0 Å². The van der Waals surface area contributed by atoms with Gasteiger partial charge in [-0.05, 0) is 17.0 Å². The Hall–Kier alpha value is -1.09. The molecule has 0 fully saturated rings. The second-order valence-electron chi connectivity index (χ2n) is 0.997. The molecule has 0 spiro atoms. The van der Waals surface area contributed by atoms with Crippen LogP contribution in [0.4, 0.5) is 0 Å². The SMILES string of the molecule is C#CP(=O)(C#C)C#C. The lowest BCUT2D eigenvalue weighted by Gasteiger charge is -1.85. The van der Waals surface area contributed by atoms with Gasteiger partial charge in [0.2, 0.25) is 0 Å². The van der Waals surface area contributed by atoms with E-state index in [2.05, 4.69) is 0 Å². The second-order valence-corrected chi connectivity index (χ2v) is 2.99. The van der Waals surface area contributed by atoms with Crippen LogP contribution in [0, 0.1) is 36.3 Å². The van der Waals surface area contributed by atoms with E-state index in [-0.39, 0.29) is 0 Å². The van der Waals surface area contributed by atoms with Gasteiger partial charge >= 0.3 is 0 Å². The van der Waals surface area contributed by atoms with E-state index >= 15 is 0 Å². The minimum absolute atomic E-state index is 1.86. The quantitative estimate of drug-likeness (QED) is 0.347. The van der Waals surface area contributed by atoms with Crippen molar-refractivity contribution >= 4 is 7.14 Å². The third kappa shape index (κ3) is 1.20. The summed E-state index contributed by atoms with van der Waals surface area (Å²) in [5.41, 5.74) is 5.58. The molecule has 38 valence electrons. The van der Waals surface area contributed by atoms with Crippen molar-refractivity contribution < 1.29 is 4.57 Å². The molecule has 0 aromatic carbocycles. The van der Waals surface area contributed by atoms with E-state index in [1.807, 2.05) is 17.0 Å².